The molecule has 0 spiro atoms. The number of rotatable bonds is 2. The fourth-order valence-corrected chi connectivity index (χ4v) is 2.30. The summed E-state index contributed by atoms with van der Waals surface area (Å²) in [5.74, 6) is -1.01. The second-order valence-electron chi connectivity index (χ2n) is 4.36. The predicted octanol–water partition coefficient (Wildman–Crippen LogP) is 2.99. The van der Waals surface area contributed by atoms with Crippen molar-refractivity contribution in [3.05, 3.63) is 47.1 Å². The molecule has 0 unspecified atom stereocenters. The molecule has 1 N–H and O–H groups in total. The maximum absolute atomic E-state index is 11.4. The van der Waals surface area contributed by atoms with Crippen LogP contribution in [0.25, 0.3) is 22.3 Å². The zero-order valence-electron chi connectivity index (χ0n) is 10.5. The van der Waals surface area contributed by atoms with Crippen LogP contribution in [0.3, 0.4) is 0 Å². The minimum absolute atomic E-state index is 0.175. The number of hydrogen-bond donors (Lipinski definition) is 1. The topological polar surface area (TPSA) is 68.0 Å². The van der Waals surface area contributed by atoms with E-state index in [4.69, 9.17) is 11.6 Å². The average Bonchev–Trinajstić information content (AvgIpc) is 2.83. The average molecular weight is 288 g/mol. The molecule has 0 bridgehead atoms. The number of nitrogens with zero attached hydrogens (tertiary/aromatic N) is 3. The lowest BCUT2D eigenvalue weighted by Gasteiger charge is -2.07. The quantitative estimate of drug-likeness (QED) is 0.787. The molecule has 3 rings (SSSR count). The Labute approximate surface area is 119 Å². The number of fused-ring (bicyclic) bond motifs is 1. The number of aromatic carboxylic acids is 1. The van der Waals surface area contributed by atoms with E-state index in [1.807, 2.05) is 0 Å². The predicted molar refractivity (Wildman–Crippen MR) is 75.9 cm³/mol. The first-order valence-corrected chi connectivity index (χ1v) is 6.26. The highest BCUT2D eigenvalue weighted by Gasteiger charge is 2.14. The number of halogens is 1. The molecule has 6 heteroatoms. The molecule has 5 nitrogen and oxygen atoms in total. The molecule has 2 aromatic heterocycles. The van der Waals surface area contributed by atoms with Crippen LogP contribution in [0.5, 0.6) is 0 Å². The van der Waals surface area contributed by atoms with Crippen molar-refractivity contribution in [1.29, 1.82) is 0 Å². The van der Waals surface area contributed by atoms with Gasteiger partial charge in [0.1, 0.15) is 0 Å². The summed E-state index contributed by atoms with van der Waals surface area (Å²) in [6, 6.07) is 8.34. The number of aromatic nitrogens is 3. The van der Waals surface area contributed by atoms with Crippen molar-refractivity contribution in [2.45, 2.75) is 0 Å². The highest BCUT2D eigenvalue weighted by molar-refractivity contribution is 6.31. The summed E-state index contributed by atoms with van der Waals surface area (Å²) >= 11 is 5.93. The first-order chi connectivity index (χ1) is 9.56. The molecule has 3 aromatic rings. The smallest absolute Gasteiger partial charge is 0.336 e. The van der Waals surface area contributed by atoms with Gasteiger partial charge >= 0.3 is 5.97 Å². The van der Waals surface area contributed by atoms with E-state index in [-0.39, 0.29) is 5.56 Å². The van der Waals surface area contributed by atoms with Gasteiger partial charge in [0, 0.05) is 23.7 Å². The molecular formula is C14H10ClN3O2. The third kappa shape index (κ3) is 2.02. The van der Waals surface area contributed by atoms with Crippen molar-refractivity contribution < 1.29 is 9.90 Å². The Morgan fingerprint density at radius 1 is 1.30 bits per heavy atom. The highest BCUT2D eigenvalue weighted by Crippen LogP contribution is 2.26. The van der Waals surface area contributed by atoms with E-state index in [0.29, 0.717) is 21.6 Å². The maximum atomic E-state index is 11.4. The Balaban J connectivity index is 2.34. The molecule has 100 valence electrons. The van der Waals surface area contributed by atoms with Crippen LogP contribution < -0.4 is 0 Å². The summed E-state index contributed by atoms with van der Waals surface area (Å²) in [4.78, 5) is 15.9. The number of aryl methyl sites for hydroxylation is 1. The molecule has 2 heterocycles. The Bertz CT molecular complexity index is 826. The van der Waals surface area contributed by atoms with Gasteiger partial charge in [-0.05, 0) is 30.3 Å². The number of hydrogen-bond acceptors (Lipinski definition) is 3. The van der Waals surface area contributed by atoms with E-state index >= 15 is 0 Å². The summed E-state index contributed by atoms with van der Waals surface area (Å²) in [5, 5.41) is 14.4. The lowest BCUT2D eigenvalue weighted by atomic mass is 10.1. The molecular weight excluding hydrogens is 278 g/mol. The van der Waals surface area contributed by atoms with E-state index < -0.39 is 5.97 Å². The van der Waals surface area contributed by atoms with E-state index in [1.165, 1.54) is 6.07 Å². The summed E-state index contributed by atoms with van der Waals surface area (Å²) in [6.07, 6.45) is 1.64. The Kier molecular flexibility index (Phi) is 2.91. The first-order valence-electron chi connectivity index (χ1n) is 5.88. The van der Waals surface area contributed by atoms with Crippen molar-refractivity contribution in [3.8, 4) is 11.4 Å². The molecule has 0 fully saturated rings. The van der Waals surface area contributed by atoms with E-state index in [2.05, 4.69) is 10.1 Å². The normalized spacial score (nSPS) is 10.9. The third-order valence-electron chi connectivity index (χ3n) is 3.08. The van der Waals surface area contributed by atoms with E-state index in [1.54, 1.807) is 42.2 Å². The molecule has 0 radical (unpaired) electrons. The van der Waals surface area contributed by atoms with Crippen molar-refractivity contribution in [2.24, 2.45) is 7.05 Å². The largest absolute Gasteiger partial charge is 0.478 e. The van der Waals surface area contributed by atoms with Gasteiger partial charge in [0.2, 0.25) is 0 Å². The lowest BCUT2D eigenvalue weighted by Crippen LogP contribution is -2.02. The minimum atomic E-state index is -1.01. The van der Waals surface area contributed by atoms with Gasteiger partial charge in [-0.1, -0.05) is 11.6 Å². The molecule has 0 saturated heterocycles. The molecule has 0 atom stereocenters. The number of benzene rings is 1. The van der Waals surface area contributed by atoms with Gasteiger partial charge in [-0.15, -0.1) is 0 Å². The maximum Gasteiger partial charge on any atom is 0.336 e. The minimum Gasteiger partial charge on any atom is -0.478 e. The van der Waals surface area contributed by atoms with Gasteiger partial charge in [-0.3, -0.25) is 4.68 Å². The molecule has 0 aliphatic heterocycles. The molecule has 0 amide bonds. The number of carboxylic acid groups (broad SMARTS) is 1. The second-order valence-corrected chi connectivity index (χ2v) is 4.80. The Morgan fingerprint density at radius 2 is 2.10 bits per heavy atom. The van der Waals surface area contributed by atoms with Gasteiger partial charge in [0.15, 0.2) is 0 Å². The van der Waals surface area contributed by atoms with Crippen LogP contribution in [-0.2, 0) is 7.05 Å². The Hall–Kier alpha value is -2.40. The fourth-order valence-electron chi connectivity index (χ4n) is 2.13. The van der Waals surface area contributed by atoms with Gasteiger partial charge < -0.3 is 5.11 Å². The lowest BCUT2D eigenvalue weighted by molar-refractivity contribution is 0.0699. The third-order valence-corrected chi connectivity index (χ3v) is 3.32. The summed E-state index contributed by atoms with van der Waals surface area (Å²) in [7, 11) is 1.78. The SMILES string of the molecule is Cn1nccc1-c1cc(C(=O)O)c2cc(Cl)ccc2n1. The molecule has 0 saturated carbocycles. The van der Waals surface area contributed by atoms with Crippen LogP contribution >= 0.6 is 11.6 Å². The molecule has 1 aromatic carbocycles. The number of pyridine rings is 1. The number of carbonyl (C=O) groups is 1. The molecule has 20 heavy (non-hydrogen) atoms. The van der Waals surface area contributed by atoms with Gasteiger partial charge in [0.05, 0.1) is 22.5 Å². The van der Waals surface area contributed by atoms with Crippen molar-refractivity contribution in [2.75, 3.05) is 0 Å². The fraction of sp³-hybridized carbons (Fsp3) is 0.0714. The standard InChI is InChI=1S/C14H10ClN3O2/c1-18-13(4-5-16-18)12-7-10(14(19)20)9-6-8(15)2-3-11(9)17-12/h2-7H,1H3,(H,19,20). The summed E-state index contributed by atoms with van der Waals surface area (Å²) in [6.45, 7) is 0. The van der Waals surface area contributed by atoms with Crippen LogP contribution in [-0.4, -0.2) is 25.8 Å². The van der Waals surface area contributed by atoms with Gasteiger partial charge in [-0.25, -0.2) is 9.78 Å². The van der Waals surface area contributed by atoms with Crippen LogP contribution in [0.2, 0.25) is 5.02 Å². The van der Waals surface area contributed by atoms with Crippen molar-refractivity contribution in [3.63, 3.8) is 0 Å². The first kappa shape index (κ1) is 12.6. The van der Waals surface area contributed by atoms with Crippen LogP contribution in [0.15, 0.2) is 36.5 Å². The number of carboxylic acids is 1. The Morgan fingerprint density at radius 3 is 2.75 bits per heavy atom. The van der Waals surface area contributed by atoms with E-state index in [0.717, 1.165) is 5.69 Å². The van der Waals surface area contributed by atoms with Crippen molar-refractivity contribution >= 4 is 28.5 Å². The highest BCUT2D eigenvalue weighted by atomic mass is 35.5. The van der Waals surface area contributed by atoms with Gasteiger partial charge in [-0.2, -0.15) is 5.10 Å². The summed E-state index contributed by atoms with van der Waals surface area (Å²) < 4.78 is 1.65. The molecule has 0 aliphatic rings. The van der Waals surface area contributed by atoms with E-state index in [9.17, 15) is 9.90 Å². The van der Waals surface area contributed by atoms with Gasteiger partial charge in [0.25, 0.3) is 0 Å². The van der Waals surface area contributed by atoms with Crippen LogP contribution in [0, 0.1) is 0 Å². The summed E-state index contributed by atoms with van der Waals surface area (Å²) in [5.41, 5.74) is 2.08. The van der Waals surface area contributed by atoms with Crippen LogP contribution in [0.4, 0.5) is 0 Å². The second kappa shape index (κ2) is 4.61. The zero-order valence-corrected chi connectivity index (χ0v) is 11.3. The molecule has 0 aliphatic carbocycles. The van der Waals surface area contributed by atoms with Crippen molar-refractivity contribution in [1.82, 2.24) is 14.8 Å². The monoisotopic (exact) mass is 287 g/mol. The van der Waals surface area contributed by atoms with Crippen LogP contribution in [0.1, 0.15) is 10.4 Å². The zero-order chi connectivity index (χ0) is 14.3.